The van der Waals surface area contributed by atoms with Gasteiger partial charge in [0, 0.05) is 24.7 Å². The smallest absolute Gasteiger partial charge is 0.304 e. The fourth-order valence-corrected chi connectivity index (χ4v) is 2.50. The van der Waals surface area contributed by atoms with E-state index in [-0.39, 0.29) is 5.56 Å². The zero-order chi connectivity index (χ0) is 15.4. The van der Waals surface area contributed by atoms with Crippen LogP contribution in [-0.4, -0.2) is 41.9 Å². The third-order valence-electron chi connectivity index (χ3n) is 3.78. The second kappa shape index (κ2) is 6.62. The van der Waals surface area contributed by atoms with Crippen LogP contribution in [-0.2, 0) is 0 Å². The highest BCUT2D eigenvalue weighted by Crippen LogP contribution is 2.18. The van der Waals surface area contributed by atoms with Gasteiger partial charge < -0.3 is 10.2 Å². The number of halogens is 1. The van der Waals surface area contributed by atoms with E-state index in [4.69, 9.17) is 0 Å². The summed E-state index contributed by atoms with van der Waals surface area (Å²) in [4.78, 5) is 23.9. The summed E-state index contributed by atoms with van der Waals surface area (Å²) in [6, 6.07) is 3.18. The summed E-state index contributed by atoms with van der Waals surface area (Å²) in [6.07, 6.45) is 1.03. The molecule has 1 aromatic rings. The van der Waals surface area contributed by atoms with Gasteiger partial charge in [-0.1, -0.05) is 6.92 Å². The molecule has 1 aliphatic rings. The fraction of sp³-hybridized carbons (Fsp3) is 0.500. The molecule has 1 N–H and O–H groups in total. The lowest BCUT2D eigenvalue weighted by atomic mass is 10.1. The van der Waals surface area contributed by atoms with E-state index in [2.05, 4.69) is 17.1 Å². The predicted molar refractivity (Wildman–Crippen MR) is 75.6 cm³/mol. The largest absolute Gasteiger partial charge is 0.352 e. The number of nitrogens with zero attached hydrogens (tertiary/aromatic N) is 2. The van der Waals surface area contributed by atoms with Crippen LogP contribution in [0.15, 0.2) is 18.2 Å². The number of nitrogens with one attached hydrogen (secondary N) is 1. The Morgan fingerprint density at radius 1 is 1.57 bits per heavy atom. The summed E-state index contributed by atoms with van der Waals surface area (Å²) in [6.45, 7) is 5.61. The summed E-state index contributed by atoms with van der Waals surface area (Å²) in [5.41, 5.74) is -0.524. The van der Waals surface area contributed by atoms with Crippen molar-refractivity contribution in [2.75, 3.05) is 26.2 Å². The second-order valence-electron chi connectivity index (χ2n) is 5.18. The lowest BCUT2D eigenvalue weighted by Crippen LogP contribution is -2.31. The molecule has 0 bridgehead atoms. The molecule has 6 nitrogen and oxygen atoms in total. The Bertz CT molecular complexity index is 550. The van der Waals surface area contributed by atoms with Crippen LogP contribution in [0.2, 0.25) is 0 Å². The van der Waals surface area contributed by atoms with Gasteiger partial charge in [0.1, 0.15) is 0 Å². The number of rotatable bonds is 5. The van der Waals surface area contributed by atoms with Crippen LogP contribution in [0.5, 0.6) is 0 Å². The van der Waals surface area contributed by atoms with Crippen molar-refractivity contribution in [3.63, 3.8) is 0 Å². The third kappa shape index (κ3) is 3.75. The molecule has 1 saturated heterocycles. The van der Waals surface area contributed by atoms with E-state index in [0.29, 0.717) is 12.5 Å². The first-order valence-electron chi connectivity index (χ1n) is 6.95. The highest BCUT2D eigenvalue weighted by atomic mass is 19.1. The molecule has 1 atom stereocenters. The first kappa shape index (κ1) is 15.4. The van der Waals surface area contributed by atoms with Crippen molar-refractivity contribution in [1.82, 2.24) is 10.2 Å². The lowest BCUT2D eigenvalue weighted by molar-refractivity contribution is -0.387. The molecule has 0 radical (unpaired) electrons. The van der Waals surface area contributed by atoms with E-state index in [9.17, 15) is 19.3 Å². The van der Waals surface area contributed by atoms with Crippen molar-refractivity contribution in [3.05, 3.63) is 39.7 Å². The molecule has 1 aromatic carbocycles. The van der Waals surface area contributed by atoms with Crippen LogP contribution >= 0.6 is 0 Å². The Morgan fingerprint density at radius 2 is 2.33 bits per heavy atom. The van der Waals surface area contributed by atoms with Crippen LogP contribution in [0.4, 0.5) is 10.1 Å². The number of nitro groups is 1. The van der Waals surface area contributed by atoms with Gasteiger partial charge in [0.2, 0.25) is 5.82 Å². The molecule has 0 aliphatic carbocycles. The van der Waals surface area contributed by atoms with Gasteiger partial charge in [-0.05, 0) is 37.6 Å². The van der Waals surface area contributed by atoms with Crippen molar-refractivity contribution in [3.8, 4) is 0 Å². The molecule has 2 rings (SSSR count). The minimum Gasteiger partial charge on any atom is -0.352 e. The van der Waals surface area contributed by atoms with Gasteiger partial charge in [0.05, 0.1) is 4.92 Å². The highest BCUT2D eigenvalue weighted by molar-refractivity contribution is 5.94. The zero-order valence-electron chi connectivity index (χ0n) is 11.8. The maximum Gasteiger partial charge on any atom is 0.304 e. The molecule has 0 saturated carbocycles. The molecule has 1 heterocycles. The summed E-state index contributed by atoms with van der Waals surface area (Å²) in [5, 5.41) is 13.3. The summed E-state index contributed by atoms with van der Waals surface area (Å²) in [7, 11) is 0. The molecule has 1 unspecified atom stereocenters. The van der Waals surface area contributed by atoms with Crippen molar-refractivity contribution in [2.45, 2.75) is 13.3 Å². The highest BCUT2D eigenvalue weighted by Gasteiger charge is 2.22. The third-order valence-corrected chi connectivity index (χ3v) is 3.78. The maximum atomic E-state index is 13.5. The van der Waals surface area contributed by atoms with Gasteiger partial charge in [0.15, 0.2) is 0 Å². The first-order chi connectivity index (χ1) is 10.0. The molecule has 21 heavy (non-hydrogen) atoms. The minimum absolute atomic E-state index is 0.100. The lowest BCUT2D eigenvalue weighted by Gasteiger charge is -2.13. The van der Waals surface area contributed by atoms with Crippen molar-refractivity contribution < 1.29 is 14.1 Å². The van der Waals surface area contributed by atoms with Crippen molar-refractivity contribution in [2.24, 2.45) is 5.92 Å². The average Bonchev–Trinajstić information content (AvgIpc) is 2.92. The van der Waals surface area contributed by atoms with E-state index in [1.807, 2.05) is 0 Å². The Morgan fingerprint density at radius 3 is 2.90 bits per heavy atom. The molecule has 1 fully saturated rings. The first-order valence-corrected chi connectivity index (χ1v) is 6.95. The monoisotopic (exact) mass is 295 g/mol. The van der Waals surface area contributed by atoms with Crippen LogP contribution in [0, 0.1) is 21.8 Å². The Hall–Kier alpha value is -2.02. The van der Waals surface area contributed by atoms with E-state index in [0.717, 1.165) is 38.2 Å². The van der Waals surface area contributed by atoms with Crippen molar-refractivity contribution >= 4 is 11.6 Å². The maximum absolute atomic E-state index is 13.5. The zero-order valence-corrected chi connectivity index (χ0v) is 11.8. The van der Waals surface area contributed by atoms with Gasteiger partial charge in [0.25, 0.3) is 5.91 Å². The molecule has 7 heteroatoms. The summed E-state index contributed by atoms with van der Waals surface area (Å²) < 4.78 is 13.5. The van der Waals surface area contributed by atoms with Crippen molar-refractivity contribution in [1.29, 1.82) is 0 Å². The van der Waals surface area contributed by atoms with E-state index in [1.54, 1.807) is 0 Å². The molecule has 114 valence electrons. The van der Waals surface area contributed by atoms with Gasteiger partial charge in [-0.15, -0.1) is 0 Å². The minimum atomic E-state index is -0.995. The SMILES string of the molecule is CCN1CCC(CNC(=O)c2ccc([N+](=O)[O-])c(F)c2)C1. The molecule has 0 aromatic heterocycles. The average molecular weight is 295 g/mol. The quantitative estimate of drug-likeness (QED) is 0.664. The van der Waals surface area contributed by atoms with E-state index >= 15 is 0 Å². The molecule has 1 amide bonds. The van der Waals surface area contributed by atoms with Crippen LogP contribution in [0.1, 0.15) is 23.7 Å². The number of benzene rings is 1. The topological polar surface area (TPSA) is 75.5 Å². The number of likely N-dealkylation sites (tertiary alicyclic amines) is 1. The predicted octanol–water partition coefficient (Wildman–Crippen LogP) is 1.81. The van der Waals surface area contributed by atoms with Gasteiger partial charge in [-0.3, -0.25) is 14.9 Å². The summed E-state index contributed by atoms with van der Waals surface area (Å²) in [5.74, 6) is -0.999. The number of hydrogen-bond acceptors (Lipinski definition) is 4. The van der Waals surface area contributed by atoms with Gasteiger partial charge in [-0.25, -0.2) is 0 Å². The fourth-order valence-electron chi connectivity index (χ4n) is 2.50. The normalized spacial score (nSPS) is 18.7. The van der Waals surface area contributed by atoms with E-state index < -0.39 is 22.3 Å². The van der Waals surface area contributed by atoms with Crippen LogP contribution < -0.4 is 5.32 Å². The Balaban J connectivity index is 1.92. The molecule has 0 spiro atoms. The summed E-state index contributed by atoms with van der Waals surface area (Å²) >= 11 is 0. The second-order valence-corrected chi connectivity index (χ2v) is 5.18. The van der Waals surface area contributed by atoms with Crippen LogP contribution in [0.25, 0.3) is 0 Å². The molecule has 1 aliphatic heterocycles. The standard InChI is InChI=1S/C14H18FN3O3/c1-2-17-6-5-10(9-17)8-16-14(19)11-3-4-13(18(20)21)12(15)7-11/h3-4,7,10H,2,5-6,8-9H2,1H3,(H,16,19). The molecular formula is C14H18FN3O3. The Labute approximate surface area is 122 Å². The number of carbonyl (C=O) groups excluding carboxylic acids is 1. The number of amides is 1. The number of hydrogen-bond donors (Lipinski definition) is 1. The Kier molecular flexibility index (Phi) is 4.85. The van der Waals surface area contributed by atoms with Crippen LogP contribution in [0.3, 0.4) is 0 Å². The van der Waals surface area contributed by atoms with Gasteiger partial charge in [-0.2, -0.15) is 4.39 Å². The molecular weight excluding hydrogens is 277 g/mol. The van der Waals surface area contributed by atoms with Gasteiger partial charge >= 0.3 is 5.69 Å². The number of nitro benzene ring substituents is 1. The van der Waals surface area contributed by atoms with E-state index in [1.165, 1.54) is 6.07 Å². The number of carbonyl (C=O) groups is 1.